The zero-order chi connectivity index (χ0) is 11.9. The Labute approximate surface area is 106 Å². The Kier molecular flexibility index (Phi) is 3.12. The van der Waals surface area contributed by atoms with Crippen LogP contribution in [0.2, 0.25) is 10.6 Å². The second kappa shape index (κ2) is 4.36. The van der Waals surface area contributed by atoms with Gasteiger partial charge in [0.2, 0.25) is 0 Å². The summed E-state index contributed by atoms with van der Waals surface area (Å²) in [5, 5.41) is 0.482. The first-order valence-corrected chi connectivity index (χ1v) is 9.26. The summed E-state index contributed by atoms with van der Waals surface area (Å²) in [5.41, 5.74) is 0.773. The van der Waals surface area contributed by atoms with E-state index in [-0.39, 0.29) is 0 Å². The molecule has 0 N–H and O–H groups in total. The molecule has 3 rings (SSSR count). The molecule has 98 valence electrons. The molecule has 0 aromatic heterocycles. The fraction of sp³-hybridized carbons (Fsp3) is 1.00. The SMILES string of the molecule is CO[Si](OC)(C1CCCC1)C12CCC(CC1)C2. The fourth-order valence-corrected chi connectivity index (χ4v) is 10.6. The molecule has 3 aliphatic carbocycles. The molecule has 0 atom stereocenters. The van der Waals surface area contributed by atoms with Gasteiger partial charge in [0, 0.05) is 24.8 Å². The quantitative estimate of drug-likeness (QED) is 0.706. The van der Waals surface area contributed by atoms with Gasteiger partial charge in [-0.3, -0.25) is 0 Å². The minimum Gasteiger partial charge on any atom is -0.397 e. The van der Waals surface area contributed by atoms with Crippen molar-refractivity contribution in [1.29, 1.82) is 0 Å². The maximum atomic E-state index is 6.19. The Balaban J connectivity index is 1.92. The van der Waals surface area contributed by atoms with Crippen LogP contribution in [0.4, 0.5) is 0 Å². The Morgan fingerprint density at radius 3 is 1.94 bits per heavy atom. The molecule has 0 aromatic rings. The molecule has 0 heterocycles. The van der Waals surface area contributed by atoms with Crippen LogP contribution in [0.25, 0.3) is 0 Å². The summed E-state index contributed by atoms with van der Waals surface area (Å²) in [6, 6.07) is 0. The second-order valence-corrected chi connectivity index (χ2v) is 10.5. The average Bonchev–Trinajstić information content (AvgIpc) is 3.08. The van der Waals surface area contributed by atoms with Crippen molar-refractivity contribution in [3.8, 4) is 0 Å². The van der Waals surface area contributed by atoms with Crippen LogP contribution in [0, 0.1) is 5.92 Å². The third-order valence-corrected chi connectivity index (χ3v) is 11.0. The minimum atomic E-state index is -1.99. The lowest BCUT2D eigenvalue weighted by Gasteiger charge is -2.46. The van der Waals surface area contributed by atoms with Gasteiger partial charge in [-0.1, -0.05) is 25.7 Å². The molecule has 3 saturated carbocycles. The number of hydrogen-bond acceptors (Lipinski definition) is 2. The first-order valence-electron chi connectivity index (χ1n) is 7.37. The first kappa shape index (κ1) is 12.2. The number of rotatable bonds is 4. The van der Waals surface area contributed by atoms with Crippen molar-refractivity contribution in [3.63, 3.8) is 0 Å². The van der Waals surface area contributed by atoms with Crippen molar-refractivity contribution in [3.05, 3.63) is 0 Å². The highest BCUT2D eigenvalue weighted by Crippen LogP contribution is 2.68. The lowest BCUT2D eigenvalue weighted by molar-refractivity contribution is 0.187. The highest BCUT2D eigenvalue weighted by Gasteiger charge is 2.65. The van der Waals surface area contributed by atoms with Gasteiger partial charge in [-0.25, -0.2) is 0 Å². The van der Waals surface area contributed by atoms with E-state index < -0.39 is 8.56 Å². The van der Waals surface area contributed by atoms with Gasteiger partial charge in [0.15, 0.2) is 0 Å². The average molecular weight is 254 g/mol. The van der Waals surface area contributed by atoms with E-state index in [9.17, 15) is 0 Å². The van der Waals surface area contributed by atoms with E-state index in [1.165, 1.54) is 57.8 Å². The summed E-state index contributed by atoms with van der Waals surface area (Å²) in [7, 11) is 1.89. The van der Waals surface area contributed by atoms with Gasteiger partial charge in [0.05, 0.1) is 0 Å². The maximum Gasteiger partial charge on any atom is 0.347 e. The Morgan fingerprint density at radius 2 is 1.53 bits per heavy atom. The molecular formula is C14H26O2Si. The molecule has 3 heteroatoms. The molecule has 2 nitrogen and oxygen atoms in total. The Hall–Kier alpha value is 0.137. The van der Waals surface area contributed by atoms with Crippen LogP contribution in [-0.2, 0) is 8.85 Å². The van der Waals surface area contributed by atoms with Crippen molar-refractivity contribution < 1.29 is 8.85 Å². The molecule has 17 heavy (non-hydrogen) atoms. The van der Waals surface area contributed by atoms with Gasteiger partial charge < -0.3 is 8.85 Å². The van der Waals surface area contributed by atoms with E-state index in [0.717, 1.165) is 11.5 Å². The van der Waals surface area contributed by atoms with E-state index >= 15 is 0 Å². The minimum absolute atomic E-state index is 0.482. The molecular weight excluding hydrogens is 228 g/mol. The van der Waals surface area contributed by atoms with Gasteiger partial charge in [0.1, 0.15) is 0 Å². The zero-order valence-corrected chi connectivity index (χ0v) is 12.3. The molecule has 0 aromatic carbocycles. The summed E-state index contributed by atoms with van der Waals surface area (Å²) in [4.78, 5) is 0. The highest BCUT2D eigenvalue weighted by molar-refractivity contribution is 6.72. The van der Waals surface area contributed by atoms with Gasteiger partial charge in [-0.15, -0.1) is 0 Å². The third kappa shape index (κ3) is 1.58. The van der Waals surface area contributed by atoms with Crippen molar-refractivity contribution in [1.82, 2.24) is 0 Å². The molecule has 3 fully saturated rings. The Morgan fingerprint density at radius 1 is 0.941 bits per heavy atom. The molecule has 0 amide bonds. The van der Waals surface area contributed by atoms with E-state index in [4.69, 9.17) is 8.85 Å². The molecule has 0 unspecified atom stereocenters. The second-order valence-electron chi connectivity index (χ2n) is 6.48. The highest BCUT2D eigenvalue weighted by atomic mass is 28.4. The topological polar surface area (TPSA) is 18.5 Å². The van der Waals surface area contributed by atoms with Crippen LogP contribution in [0.5, 0.6) is 0 Å². The van der Waals surface area contributed by atoms with Gasteiger partial charge >= 0.3 is 8.56 Å². The van der Waals surface area contributed by atoms with E-state index in [0.29, 0.717) is 5.04 Å². The molecule has 2 bridgehead atoms. The summed E-state index contributed by atoms with van der Waals surface area (Å²) in [6.45, 7) is 0. The molecule has 0 aliphatic heterocycles. The van der Waals surface area contributed by atoms with E-state index in [1.54, 1.807) is 0 Å². The smallest absolute Gasteiger partial charge is 0.347 e. The van der Waals surface area contributed by atoms with Gasteiger partial charge in [-0.2, -0.15) is 0 Å². The lowest BCUT2D eigenvalue weighted by Crippen LogP contribution is -2.54. The largest absolute Gasteiger partial charge is 0.397 e. The summed E-state index contributed by atoms with van der Waals surface area (Å²) in [5.74, 6) is 0.994. The number of fused-ring (bicyclic) bond motifs is 2. The Bertz CT molecular complexity index is 274. The van der Waals surface area contributed by atoms with Crippen molar-refractivity contribution in [2.45, 2.75) is 68.4 Å². The van der Waals surface area contributed by atoms with Crippen LogP contribution in [0.15, 0.2) is 0 Å². The standard InChI is InChI=1S/C14H26O2Si/c1-15-17(16-2,13-5-3-4-6-13)14-9-7-12(11-14)8-10-14/h12-13H,3-11H2,1-2H3. The lowest BCUT2D eigenvalue weighted by atomic mass is 10.0. The van der Waals surface area contributed by atoms with E-state index in [1.807, 2.05) is 14.2 Å². The molecule has 0 saturated heterocycles. The fourth-order valence-electron chi connectivity index (χ4n) is 5.27. The van der Waals surface area contributed by atoms with Gasteiger partial charge in [0.25, 0.3) is 0 Å². The maximum absolute atomic E-state index is 6.19. The molecule has 0 spiro atoms. The molecule has 0 radical (unpaired) electrons. The van der Waals surface area contributed by atoms with Crippen molar-refractivity contribution in [2.24, 2.45) is 5.92 Å². The van der Waals surface area contributed by atoms with Crippen LogP contribution in [0.1, 0.15) is 57.8 Å². The monoisotopic (exact) mass is 254 g/mol. The number of hydrogen-bond donors (Lipinski definition) is 0. The normalized spacial score (nSPS) is 38.1. The van der Waals surface area contributed by atoms with Crippen LogP contribution in [-0.4, -0.2) is 22.8 Å². The summed E-state index contributed by atoms with van der Waals surface area (Å²) in [6.07, 6.45) is 12.6. The van der Waals surface area contributed by atoms with Crippen LogP contribution in [0.3, 0.4) is 0 Å². The van der Waals surface area contributed by atoms with Crippen molar-refractivity contribution in [2.75, 3.05) is 14.2 Å². The van der Waals surface area contributed by atoms with Crippen molar-refractivity contribution >= 4 is 8.56 Å². The van der Waals surface area contributed by atoms with Gasteiger partial charge in [-0.05, 0) is 38.0 Å². The summed E-state index contributed by atoms with van der Waals surface area (Å²) >= 11 is 0. The zero-order valence-electron chi connectivity index (χ0n) is 11.3. The van der Waals surface area contributed by atoms with E-state index in [2.05, 4.69) is 0 Å². The first-order chi connectivity index (χ1) is 8.26. The predicted octanol–water partition coefficient (Wildman–Crippen LogP) is 4.00. The molecule has 3 aliphatic rings. The third-order valence-electron chi connectivity index (χ3n) is 5.98. The summed E-state index contributed by atoms with van der Waals surface area (Å²) < 4.78 is 12.4. The van der Waals surface area contributed by atoms with Crippen LogP contribution < -0.4 is 0 Å². The van der Waals surface area contributed by atoms with Crippen LogP contribution >= 0.6 is 0 Å². The predicted molar refractivity (Wildman–Crippen MR) is 71.3 cm³/mol.